The molecule has 0 bridgehead atoms. The fourth-order valence-electron chi connectivity index (χ4n) is 3.12. The highest BCUT2D eigenvalue weighted by molar-refractivity contribution is 7.10. The molecule has 1 aliphatic rings. The number of anilines is 1. The van der Waals surface area contributed by atoms with Gasteiger partial charge in [-0.1, -0.05) is 25.1 Å². The lowest BCUT2D eigenvalue weighted by atomic mass is 9.97. The molecule has 1 aromatic carbocycles. The molecule has 2 N–H and O–H groups in total. The molecule has 2 atom stereocenters. The Hall–Kier alpha value is -1.32. The molecule has 0 fully saturated rings. The summed E-state index contributed by atoms with van der Waals surface area (Å²) in [6.07, 6.45) is 2.12. The van der Waals surface area contributed by atoms with Gasteiger partial charge in [0.2, 0.25) is 0 Å². The lowest BCUT2D eigenvalue weighted by Gasteiger charge is -2.37. The molecule has 3 heteroatoms. The Bertz CT molecular complexity index is 590. The van der Waals surface area contributed by atoms with Crippen LogP contribution in [0, 0.1) is 0 Å². The van der Waals surface area contributed by atoms with Crippen LogP contribution in [0.3, 0.4) is 0 Å². The first kappa shape index (κ1) is 13.7. The molecule has 0 aliphatic carbocycles. The minimum atomic E-state index is 0.127. The zero-order valence-electron chi connectivity index (χ0n) is 12.2. The van der Waals surface area contributed by atoms with Crippen LogP contribution in [0.5, 0.6) is 0 Å². The van der Waals surface area contributed by atoms with E-state index in [2.05, 4.69) is 54.5 Å². The summed E-state index contributed by atoms with van der Waals surface area (Å²) in [6.45, 7) is 5.54. The molecule has 2 aromatic rings. The standard InChI is InChI=1S/C17H22N2S/c1-3-15(18)14-6-4-5-7-16(14)19-10-8-17-13(12(19)2)9-11-20-17/h4-7,9,11-12,15H,3,8,10,18H2,1-2H3/t12?,15-/m1/s1. The van der Waals surface area contributed by atoms with Gasteiger partial charge in [0, 0.05) is 23.2 Å². The summed E-state index contributed by atoms with van der Waals surface area (Å²) in [5.41, 5.74) is 10.4. The van der Waals surface area contributed by atoms with E-state index in [1.807, 2.05) is 11.3 Å². The van der Waals surface area contributed by atoms with Crippen molar-refractivity contribution in [3.8, 4) is 0 Å². The van der Waals surface area contributed by atoms with Crippen LogP contribution in [0.25, 0.3) is 0 Å². The van der Waals surface area contributed by atoms with Gasteiger partial charge in [0.05, 0.1) is 6.04 Å². The second kappa shape index (κ2) is 5.58. The van der Waals surface area contributed by atoms with Crippen molar-refractivity contribution >= 4 is 17.0 Å². The number of hydrogen-bond donors (Lipinski definition) is 1. The molecule has 2 nitrogen and oxygen atoms in total. The maximum atomic E-state index is 6.30. The Morgan fingerprint density at radius 2 is 2.15 bits per heavy atom. The first-order valence-electron chi connectivity index (χ1n) is 7.39. The highest BCUT2D eigenvalue weighted by Crippen LogP contribution is 2.38. The van der Waals surface area contributed by atoms with Crippen molar-refractivity contribution in [2.24, 2.45) is 5.73 Å². The van der Waals surface area contributed by atoms with Crippen LogP contribution >= 0.6 is 11.3 Å². The molecule has 0 saturated carbocycles. The summed E-state index contributed by atoms with van der Waals surface area (Å²) in [6, 6.07) is 11.5. The summed E-state index contributed by atoms with van der Waals surface area (Å²) in [4.78, 5) is 4.06. The molecule has 3 rings (SSSR count). The van der Waals surface area contributed by atoms with Crippen LogP contribution in [0.2, 0.25) is 0 Å². The third-order valence-corrected chi connectivity index (χ3v) is 5.36. The number of para-hydroxylation sites is 1. The Labute approximate surface area is 125 Å². The molecule has 1 aromatic heterocycles. The van der Waals surface area contributed by atoms with E-state index >= 15 is 0 Å². The van der Waals surface area contributed by atoms with Gasteiger partial charge in [0.15, 0.2) is 0 Å². The predicted molar refractivity (Wildman–Crippen MR) is 87.4 cm³/mol. The number of hydrogen-bond acceptors (Lipinski definition) is 3. The number of rotatable bonds is 3. The number of nitrogens with two attached hydrogens (primary N) is 1. The molecule has 0 amide bonds. The minimum absolute atomic E-state index is 0.127. The zero-order valence-corrected chi connectivity index (χ0v) is 13.0. The summed E-state index contributed by atoms with van der Waals surface area (Å²) in [5, 5.41) is 2.22. The fourth-order valence-corrected chi connectivity index (χ4v) is 4.08. The van der Waals surface area contributed by atoms with Crippen LogP contribution in [-0.2, 0) is 6.42 Å². The second-order valence-electron chi connectivity index (χ2n) is 5.49. The highest BCUT2D eigenvalue weighted by atomic mass is 32.1. The van der Waals surface area contributed by atoms with Crippen LogP contribution in [0.4, 0.5) is 5.69 Å². The van der Waals surface area contributed by atoms with Crippen molar-refractivity contribution in [1.82, 2.24) is 0 Å². The van der Waals surface area contributed by atoms with Gasteiger partial charge >= 0.3 is 0 Å². The fraction of sp³-hybridized carbons (Fsp3) is 0.412. The quantitative estimate of drug-likeness (QED) is 0.912. The van der Waals surface area contributed by atoms with Gasteiger partial charge in [-0.25, -0.2) is 0 Å². The smallest absolute Gasteiger partial charge is 0.0525 e. The van der Waals surface area contributed by atoms with Gasteiger partial charge in [0.25, 0.3) is 0 Å². The van der Waals surface area contributed by atoms with Crippen LogP contribution < -0.4 is 10.6 Å². The van der Waals surface area contributed by atoms with Crippen LogP contribution in [0.15, 0.2) is 35.7 Å². The topological polar surface area (TPSA) is 29.3 Å². The van der Waals surface area contributed by atoms with E-state index in [-0.39, 0.29) is 6.04 Å². The third kappa shape index (κ3) is 2.25. The largest absolute Gasteiger partial charge is 0.364 e. The SMILES string of the molecule is CC[C@@H](N)c1ccccc1N1CCc2sccc2C1C. The summed E-state index contributed by atoms with van der Waals surface area (Å²) < 4.78 is 0. The molecule has 106 valence electrons. The van der Waals surface area contributed by atoms with Gasteiger partial charge in [-0.3, -0.25) is 0 Å². The Balaban J connectivity index is 1.98. The number of nitrogens with zero attached hydrogens (tertiary/aromatic N) is 1. The summed E-state index contributed by atoms with van der Waals surface area (Å²) in [5.74, 6) is 0. The monoisotopic (exact) mass is 286 g/mol. The van der Waals surface area contributed by atoms with Crippen LogP contribution in [0.1, 0.15) is 48.4 Å². The predicted octanol–water partition coefficient (Wildman–Crippen LogP) is 4.28. The minimum Gasteiger partial charge on any atom is -0.364 e. The lowest BCUT2D eigenvalue weighted by molar-refractivity contribution is 0.619. The summed E-state index contributed by atoms with van der Waals surface area (Å²) in [7, 11) is 0. The average molecular weight is 286 g/mol. The number of benzene rings is 1. The van der Waals surface area contributed by atoms with Crippen molar-refractivity contribution in [2.75, 3.05) is 11.4 Å². The van der Waals surface area contributed by atoms with E-state index in [9.17, 15) is 0 Å². The first-order chi connectivity index (χ1) is 9.72. The molecule has 2 heterocycles. The molecule has 1 aliphatic heterocycles. The Morgan fingerprint density at radius 3 is 2.95 bits per heavy atom. The van der Waals surface area contributed by atoms with E-state index in [0.717, 1.165) is 19.4 Å². The molecule has 20 heavy (non-hydrogen) atoms. The molecule has 0 saturated heterocycles. The molecular weight excluding hydrogens is 264 g/mol. The van der Waals surface area contributed by atoms with E-state index in [1.54, 1.807) is 4.88 Å². The third-order valence-electron chi connectivity index (χ3n) is 4.36. The molecule has 0 radical (unpaired) electrons. The molecular formula is C17H22N2S. The van der Waals surface area contributed by atoms with E-state index in [0.29, 0.717) is 6.04 Å². The average Bonchev–Trinajstić information content (AvgIpc) is 2.96. The van der Waals surface area contributed by atoms with Gasteiger partial charge in [-0.15, -0.1) is 11.3 Å². The maximum Gasteiger partial charge on any atom is 0.0525 e. The first-order valence-corrected chi connectivity index (χ1v) is 8.27. The van der Waals surface area contributed by atoms with Crippen molar-refractivity contribution in [2.45, 2.75) is 38.8 Å². The van der Waals surface area contributed by atoms with E-state index in [4.69, 9.17) is 5.73 Å². The second-order valence-corrected chi connectivity index (χ2v) is 6.49. The Kier molecular flexibility index (Phi) is 3.81. The van der Waals surface area contributed by atoms with Crippen molar-refractivity contribution < 1.29 is 0 Å². The zero-order chi connectivity index (χ0) is 14.1. The van der Waals surface area contributed by atoms with Crippen molar-refractivity contribution in [3.63, 3.8) is 0 Å². The number of fused-ring (bicyclic) bond motifs is 1. The Morgan fingerprint density at radius 1 is 1.35 bits per heavy atom. The number of thiophene rings is 1. The molecule has 0 spiro atoms. The van der Waals surface area contributed by atoms with Crippen LogP contribution in [-0.4, -0.2) is 6.54 Å². The molecule has 1 unspecified atom stereocenters. The van der Waals surface area contributed by atoms with Crippen molar-refractivity contribution in [3.05, 3.63) is 51.7 Å². The lowest BCUT2D eigenvalue weighted by Crippen LogP contribution is -2.34. The maximum absolute atomic E-state index is 6.30. The van der Waals surface area contributed by atoms with Gasteiger partial charge in [-0.05, 0) is 48.4 Å². The van der Waals surface area contributed by atoms with Gasteiger partial charge in [0.1, 0.15) is 0 Å². The summed E-state index contributed by atoms with van der Waals surface area (Å²) >= 11 is 1.89. The van der Waals surface area contributed by atoms with E-state index < -0.39 is 0 Å². The highest BCUT2D eigenvalue weighted by Gasteiger charge is 2.26. The van der Waals surface area contributed by atoms with Gasteiger partial charge in [-0.2, -0.15) is 0 Å². The van der Waals surface area contributed by atoms with E-state index in [1.165, 1.54) is 16.8 Å². The van der Waals surface area contributed by atoms with Gasteiger partial charge < -0.3 is 10.6 Å². The normalized spacial score (nSPS) is 19.8. The van der Waals surface area contributed by atoms with Crippen molar-refractivity contribution in [1.29, 1.82) is 0 Å².